The zero-order valence-electron chi connectivity index (χ0n) is 2.59. The maximum Gasteiger partial charge on any atom is 0.0514 e. The molecule has 0 aliphatic heterocycles. The maximum atomic E-state index is 3.14. The Kier molecular flexibility index (Phi) is 3.82. The van der Waals surface area contributed by atoms with Crippen molar-refractivity contribution in [3.05, 3.63) is 0 Å². The lowest BCUT2D eigenvalue weighted by molar-refractivity contribution is 0.993. The van der Waals surface area contributed by atoms with Crippen molar-refractivity contribution in [1.29, 1.82) is 0 Å². The molecular formula is C2H6BrN. The average Bonchev–Trinajstić information content (AvgIpc) is 1.37. The molecule has 0 bridgehead atoms. The van der Waals surface area contributed by atoms with Crippen molar-refractivity contribution in [2.24, 2.45) is 0 Å². The third-order valence-corrected chi connectivity index (χ3v) is 0.694. The van der Waals surface area contributed by atoms with Gasteiger partial charge in [0.1, 0.15) is 0 Å². The second kappa shape index (κ2) is 3.44. The number of alkyl halides is 1. The molecule has 0 rings (SSSR count). The normalized spacial score (nSPS) is 7.50. The third-order valence-electron chi connectivity index (χ3n) is 0.134. The summed E-state index contributed by atoms with van der Waals surface area (Å²) in [6.07, 6.45) is 0. The maximum absolute atomic E-state index is 3.14. The molecule has 0 unspecified atom stereocenters. The lowest BCUT2D eigenvalue weighted by Crippen LogP contribution is -1.98. The first kappa shape index (κ1) is 4.44. The fraction of sp³-hybridized carbons (Fsp3) is 1.00. The molecule has 2 heteroatoms. The van der Waals surface area contributed by atoms with Crippen LogP contribution in [0.1, 0.15) is 0 Å². The minimum absolute atomic E-state index is 0.882. The minimum atomic E-state index is 0.882. The molecule has 0 aromatic rings. The predicted octanol–water partition coefficient (Wildman–Crippen LogP) is 0.558. The van der Waals surface area contributed by atoms with E-state index >= 15 is 0 Å². The first-order chi connectivity index (χ1) is 1.91. The summed E-state index contributed by atoms with van der Waals surface area (Å²) in [5, 5.41) is 2.85. The van der Waals surface area contributed by atoms with Crippen molar-refractivity contribution in [3.63, 3.8) is 0 Å². The summed E-state index contributed by atoms with van der Waals surface area (Å²) in [5.41, 5.74) is 0.882. The quantitative estimate of drug-likeness (QED) is 0.397. The highest BCUT2D eigenvalue weighted by atomic mass is 79.9. The van der Waals surface area contributed by atoms with E-state index in [9.17, 15) is 0 Å². The summed E-state index contributed by atoms with van der Waals surface area (Å²) in [6.45, 7) is 0. The van der Waals surface area contributed by atoms with Gasteiger partial charge in [-0.2, -0.15) is 0 Å². The molecule has 0 saturated carbocycles. The zero-order valence-corrected chi connectivity index (χ0v) is 4.17. The molecule has 0 atom stereocenters. The SMILES string of the molecule is CNCBr. The van der Waals surface area contributed by atoms with Gasteiger partial charge in [0.2, 0.25) is 0 Å². The van der Waals surface area contributed by atoms with Gasteiger partial charge in [-0.15, -0.1) is 0 Å². The van der Waals surface area contributed by atoms with E-state index in [0.29, 0.717) is 0 Å². The smallest absolute Gasteiger partial charge is 0.0514 e. The van der Waals surface area contributed by atoms with E-state index in [1.54, 1.807) is 0 Å². The Morgan fingerprint density at radius 1 is 2.00 bits per heavy atom. The number of nitrogens with one attached hydrogen (secondary N) is 1. The van der Waals surface area contributed by atoms with E-state index in [-0.39, 0.29) is 0 Å². The van der Waals surface area contributed by atoms with E-state index in [2.05, 4.69) is 21.2 Å². The van der Waals surface area contributed by atoms with Gasteiger partial charge in [-0.3, -0.25) is 0 Å². The van der Waals surface area contributed by atoms with Crippen LogP contribution in [0.2, 0.25) is 0 Å². The lowest BCUT2D eigenvalue weighted by Gasteiger charge is -1.74. The Labute approximate surface area is 34.5 Å². The van der Waals surface area contributed by atoms with Crippen LogP contribution in [0, 0.1) is 0 Å². The predicted molar refractivity (Wildman–Crippen MR) is 22.9 cm³/mol. The molecule has 0 amide bonds. The van der Waals surface area contributed by atoms with Crippen molar-refractivity contribution in [2.45, 2.75) is 0 Å². The summed E-state index contributed by atoms with van der Waals surface area (Å²) in [4.78, 5) is 0. The molecule has 0 aromatic heterocycles. The third kappa shape index (κ3) is 2.44. The average molecular weight is 124 g/mol. The number of hydrogen-bond acceptors (Lipinski definition) is 1. The second-order valence-corrected chi connectivity index (χ2v) is 1.05. The van der Waals surface area contributed by atoms with Gasteiger partial charge in [0.15, 0.2) is 0 Å². The van der Waals surface area contributed by atoms with Gasteiger partial charge in [0.25, 0.3) is 0 Å². The molecule has 0 aliphatic carbocycles. The minimum Gasteiger partial charge on any atom is -0.310 e. The summed E-state index contributed by atoms with van der Waals surface area (Å²) in [5.74, 6) is 0. The fourth-order valence-electron chi connectivity index (χ4n) is 0. The molecule has 0 aliphatic rings. The van der Waals surface area contributed by atoms with Gasteiger partial charge >= 0.3 is 0 Å². The molecule has 0 fully saturated rings. The number of rotatable bonds is 1. The van der Waals surface area contributed by atoms with E-state index in [1.165, 1.54) is 0 Å². The molecule has 1 nitrogen and oxygen atoms in total. The summed E-state index contributed by atoms with van der Waals surface area (Å²) < 4.78 is 0. The van der Waals surface area contributed by atoms with E-state index in [4.69, 9.17) is 0 Å². The van der Waals surface area contributed by atoms with Crippen LogP contribution >= 0.6 is 15.9 Å². The molecule has 26 valence electrons. The van der Waals surface area contributed by atoms with Crippen molar-refractivity contribution in [2.75, 3.05) is 12.5 Å². The topological polar surface area (TPSA) is 12.0 Å². The largest absolute Gasteiger partial charge is 0.310 e. The van der Waals surface area contributed by atoms with Gasteiger partial charge in [-0.1, -0.05) is 15.9 Å². The Bertz CT molecular complexity index is 8.00. The van der Waals surface area contributed by atoms with Crippen LogP contribution in [-0.2, 0) is 0 Å². The molecule has 1 N–H and O–H groups in total. The van der Waals surface area contributed by atoms with E-state index in [1.807, 2.05) is 7.05 Å². The van der Waals surface area contributed by atoms with Gasteiger partial charge < -0.3 is 5.32 Å². The Morgan fingerprint density at radius 2 is 2.25 bits per heavy atom. The first-order valence-corrected chi connectivity index (χ1v) is 2.24. The molecule has 0 radical (unpaired) electrons. The Morgan fingerprint density at radius 3 is 2.25 bits per heavy atom. The van der Waals surface area contributed by atoms with Crippen LogP contribution in [-0.4, -0.2) is 12.5 Å². The molecule has 4 heavy (non-hydrogen) atoms. The van der Waals surface area contributed by atoms with E-state index < -0.39 is 0 Å². The van der Waals surface area contributed by atoms with Gasteiger partial charge in [-0.25, -0.2) is 0 Å². The fourth-order valence-corrected chi connectivity index (χ4v) is 0. The molecule has 0 saturated heterocycles. The van der Waals surface area contributed by atoms with Crippen LogP contribution in [0.4, 0.5) is 0 Å². The highest BCUT2D eigenvalue weighted by Gasteiger charge is 1.52. The van der Waals surface area contributed by atoms with Crippen molar-refractivity contribution < 1.29 is 0 Å². The molecule has 0 aromatic carbocycles. The summed E-state index contributed by atoms with van der Waals surface area (Å²) in [6, 6.07) is 0. The van der Waals surface area contributed by atoms with Crippen LogP contribution in [0.25, 0.3) is 0 Å². The van der Waals surface area contributed by atoms with Crippen LogP contribution in [0.3, 0.4) is 0 Å². The molecule has 0 heterocycles. The van der Waals surface area contributed by atoms with Crippen LogP contribution in [0.5, 0.6) is 0 Å². The molecular weight excluding hydrogens is 118 g/mol. The Balaban J connectivity index is 1.97. The van der Waals surface area contributed by atoms with Gasteiger partial charge in [-0.05, 0) is 7.05 Å². The lowest BCUT2D eigenvalue weighted by atomic mass is 11.3. The van der Waals surface area contributed by atoms with Gasteiger partial charge in [0, 0.05) is 0 Å². The monoisotopic (exact) mass is 123 g/mol. The summed E-state index contributed by atoms with van der Waals surface area (Å²) >= 11 is 3.14. The van der Waals surface area contributed by atoms with Crippen molar-refractivity contribution in [3.8, 4) is 0 Å². The van der Waals surface area contributed by atoms with E-state index in [0.717, 1.165) is 5.45 Å². The first-order valence-electron chi connectivity index (χ1n) is 1.12. The van der Waals surface area contributed by atoms with Crippen molar-refractivity contribution >= 4 is 15.9 Å². The van der Waals surface area contributed by atoms with Crippen LogP contribution in [0.15, 0.2) is 0 Å². The summed E-state index contributed by atoms with van der Waals surface area (Å²) in [7, 11) is 1.88. The zero-order chi connectivity index (χ0) is 3.41. The highest BCUT2D eigenvalue weighted by Crippen LogP contribution is 1.63. The van der Waals surface area contributed by atoms with Crippen molar-refractivity contribution in [1.82, 2.24) is 5.32 Å². The van der Waals surface area contributed by atoms with Gasteiger partial charge in [0.05, 0.1) is 5.45 Å². The Hall–Kier alpha value is 0.440. The number of hydrogen-bond donors (Lipinski definition) is 1. The van der Waals surface area contributed by atoms with Crippen LogP contribution < -0.4 is 5.32 Å². The highest BCUT2D eigenvalue weighted by molar-refractivity contribution is 9.09. The standard InChI is InChI=1S/C2H6BrN/c1-4-2-3/h4H,2H2,1H3. The second-order valence-electron chi connectivity index (χ2n) is 0.487. The number of halogens is 1. The molecule has 0 spiro atoms.